The first-order chi connectivity index (χ1) is 18.2. The van der Waals surface area contributed by atoms with Crippen LogP contribution in [0.5, 0.6) is 5.75 Å². The molecule has 0 atom stereocenters. The molecule has 1 aromatic heterocycles. The number of fused-ring (bicyclic) bond motifs is 1. The van der Waals surface area contributed by atoms with Crippen LogP contribution in [0, 0.1) is 0 Å². The molecule has 13 heteroatoms. The molecule has 12 nitrogen and oxygen atoms in total. The average molecular weight is 541 g/mol. The SMILES string of the molecule is NC(N)=NCCCOc1ccc2cc(CCCCNC(N)=NCC(=O)c3nc(Cl)c(N)nc3N)ccc2c1. The molecule has 0 bridgehead atoms. The lowest BCUT2D eigenvalue weighted by atomic mass is 10.0. The molecule has 1 heterocycles. The minimum absolute atomic E-state index is 0.0405. The van der Waals surface area contributed by atoms with E-state index in [0.717, 1.165) is 42.2 Å². The smallest absolute Gasteiger partial charge is 0.206 e. The molecule has 0 aliphatic carbocycles. The van der Waals surface area contributed by atoms with Crippen molar-refractivity contribution in [3.05, 3.63) is 52.8 Å². The molecule has 202 valence electrons. The summed E-state index contributed by atoms with van der Waals surface area (Å²) in [5.74, 6) is 0.466. The van der Waals surface area contributed by atoms with Gasteiger partial charge in [0.15, 0.2) is 34.4 Å². The van der Waals surface area contributed by atoms with E-state index in [1.807, 2.05) is 12.1 Å². The maximum absolute atomic E-state index is 12.3. The number of anilines is 2. The number of nitrogens with two attached hydrogens (primary N) is 5. The number of rotatable bonds is 13. The van der Waals surface area contributed by atoms with Crippen molar-refractivity contribution in [2.24, 2.45) is 27.2 Å². The molecule has 0 fully saturated rings. The third-order valence-electron chi connectivity index (χ3n) is 5.50. The van der Waals surface area contributed by atoms with Crippen LogP contribution in [0.1, 0.15) is 35.3 Å². The standard InChI is InChI=1S/C25H33ClN10O2/c26-21-23(28)36-22(27)20(35-21)19(37)14-34-25(31)33-9-2-1-4-15-5-6-17-13-18(8-7-16(17)12-15)38-11-3-10-32-24(29)30/h5-8,12-13H,1-4,9-11,14H2,(H4,27,28,36)(H4,29,30,32)(H3,31,33,34). The van der Waals surface area contributed by atoms with Gasteiger partial charge < -0.3 is 38.7 Å². The van der Waals surface area contributed by atoms with Gasteiger partial charge in [-0.05, 0) is 47.7 Å². The first-order valence-corrected chi connectivity index (χ1v) is 12.5. The quantitative estimate of drug-likeness (QED) is 0.0795. The van der Waals surface area contributed by atoms with E-state index in [-0.39, 0.29) is 40.9 Å². The van der Waals surface area contributed by atoms with Gasteiger partial charge in [0.05, 0.1) is 6.61 Å². The van der Waals surface area contributed by atoms with Gasteiger partial charge in [-0.3, -0.25) is 9.79 Å². The van der Waals surface area contributed by atoms with Crippen molar-refractivity contribution >= 4 is 51.7 Å². The van der Waals surface area contributed by atoms with E-state index in [0.29, 0.717) is 19.7 Å². The van der Waals surface area contributed by atoms with Crippen LogP contribution < -0.4 is 38.7 Å². The van der Waals surface area contributed by atoms with Crippen LogP contribution in [-0.2, 0) is 6.42 Å². The number of aliphatic imine (C=N–C) groups is 2. The predicted octanol–water partition coefficient (Wildman–Crippen LogP) is 1.60. The van der Waals surface area contributed by atoms with Crippen molar-refractivity contribution < 1.29 is 9.53 Å². The van der Waals surface area contributed by atoms with Gasteiger partial charge in [0.25, 0.3) is 0 Å². The second-order valence-corrected chi connectivity index (χ2v) is 8.85. The Kier molecular flexibility index (Phi) is 10.3. The molecule has 0 saturated heterocycles. The third kappa shape index (κ3) is 8.66. The summed E-state index contributed by atoms with van der Waals surface area (Å²) in [6, 6.07) is 12.5. The van der Waals surface area contributed by atoms with Crippen LogP contribution in [-0.4, -0.2) is 53.9 Å². The fraction of sp³-hybridized carbons (Fsp3) is 0.320. The molecule has 3 aromatic rings. The molecule has 0 aliphatic rings. The Hall–Kier alpha value is -4.32. The van der Waals surface area contributed by atoms with E-state index in [9.17, 15) is 4.79 Å². The largest absolute Gasteiger partial charge is 0.494 e. The number of benzene rings is 2. The summed E-state index contributed by atoms with van der Waals surface area (Å²) in [4.78, 5) is 27.9. The summed E-state index contributed by atoms with van der Waals surface area (Å²) in [5, 5.41) is 5.19. The molecule has 0 aliphatic heterocycles. The van der Waals surface area contributed by atoms with E-state index in [1.54, 1.807) is 0 Å². The first-order valence-electron chi connectivity index (χ1n) is 12.1. The van der Waals surface area contributed by atoms with E-state index < -0.39 is 5.78 Å². The van der Waals surface area contributed by atoms with Crippen LogP contribution in [0.25, 0.3) is 10.8 Å². The van der Waals surface area contributed by atoms with Gasteiger partial charge in [0, 0.05) is 19.5 Å². The van der Waals surface area contributed by atoms with Crippen molar-refractivity contribution in [2.75, 3.05) is 37.7 Å². The monoisotopic (exact) mass is 540 g/mol. The number of nitrogen functional groups attached to an aromatic ring is 2. The van der Waals surface area contributed by atoms with Crippen LogP contribution in [0.2, 0.25) is 5.15 Å². The highest BCUT2D eigenvalue weighted by Crippen LogP contribution is 2.23. The zero-order valence-electron chi connectivity index (χ0n) is 21.0. The van der Waals surface area contributed by atoms with Gasteiger partial charge in [-0.25, -0.2) is 15.0 Å². The number of hydrogen-bond acceptors (Lipinski definition) is 8. The molecule has 0 saturated carbocycles. The number of halogens is 1. The number of unbranched alkanes of at least 4 members (excludes halogenated alkanes) is 1. The van der Waals surface area contributed by atoms with E-state index in [4.69, 9.17) is 45.0 Å². The van der Waals surface area contributed by atoms with Crippen molar-refractivity contribution in [1.82, 2.24) is 15.3 Å². The van der Waals surface area contributed by atoms with Crippen molar-refractivity contribution in [1.29, 1.82) is 0 Å². The topological polar surface area (TPSA) is 219 Å². The Bertz CT molecular complexity index is 1320. The predicted molar refractivity (Wildman–Crippen MR) is 152 cm³/mol. The second-order valence-electron chi connectivity index (χ2n) is 8.49. The maximum Gasteiger partial charge on any atom is 0.206 e. The van der Waals surface area contributed by atoms with Crippen LogP contribution >= 0.6 is 11.6 Å². The zero-order chi connectivity index (χ0) is 27.5. The van der Waals surface area contributed by atoms with Gasteiger partial charge in [-0.2, -0.15) is 0 Å². The third-order valence-corrected chi connectivity index (χ3v) is 5.78. The Morgan fingerprint density at radius 3 is 2.50 bits per heavy atom. The van der Waals surface area contributed by atoms with E-state index >= 15 is 0 Å². The fourth-order valence-electron chi connectivity index (χ4n) is 3.59. The van der Waals surface area contributed by atoms with Crippen molar-refractivity contribution in [2.45, 2.75) is 25.7 Å². The second kappa shape index (κ2) is 13.8. The lowest BCUT2D eigenvalue weighted by Gasteiger charge is -2.09. The Morgan fingerprint density at radius 2 is 1.71 bits per heavy atom. The van der Waals surface area contributed by atoms with E-state index in [1.165, 1.54) is 5.56 Å². The Morgan fingerprint density at radius 1 is 0.947 bits per heavy atom. The number of nitrogens with one attached hydrogen (secondary N) is 1. The van der Waals surface area contributed by atoms with Crippen molar-refractivity contribution in [3.63, 3.8) is 0 Å². The van der Waals surface area contributed by atoms with Gasteiger partial charge in [0.2, 0.25) is 5.78 Å². The summed E-state index contributed by atoms with van der Waals surface area (Å²) in [6.07, 6.45) is 3.49. The normalized spacial score (nSPS) is 11.3. The minimum Gasteiger partial charge on any atom is -0.494 e. The minimum atomic E-state index is -0.459. The van der Waals surface area contributed by atoms with Crippen LogP contribution in [0.3, 0.4) is 0 Å². The Labute approximate surface area is 225 Å². The molecule has 3 rings (SSSR count). The van der Waals surface area contributed by atoms with Crippen molar-refractivity contribution in [3.8, 4) is 5.75 Å². The zero-order valence-corrected chi connectivity index (χ0v) is 21.7. The average Bonchev–Trinajstić information content (AvgIpc) is 2.88. The molecule has 11 N–H and O–H groups in total. The van der Waals surface area contributed by atoms with Crippen LogP contribution in [0.15, 0.2) is 46.4 Å². The molecule has 38 heavy (non-hydrogen) atoms. The lowest BCUT2D eigenvalue weighted by molar-refractivity contribution is 0.0998. The number of aromatic nitrogens is 2. The summed E-state index contributed by atoms with van der Waals surface area (Å²) < 4.78 is 5.79. The molecule has 0 radical (unpaired) electrons. The highest BCUT2D eigenvalue weighted by atomic mass is 35.5. The number of aryl methyl sites for hydroxylation is 1. The van der Waals surface area contributed by atoms with E-state index in [2.05, 4.69) is 49.5 Å². The maximum atomic E-state index is 12.3. The number of ether oxygens (including phenoxy) is 1. The summed E-state index contributed by atoms with van der Waals surface area (Å²) in [5.41, 5.74) is 28.9. The summed E-state index contributed by atoms with van der Waals surface area (Å²) in [6.45, 7) is 1.47. The number of carbonyl (C=O) groups excluding carboxylic acids is 1. The number of hydrogen-bond donors (Lipinski definition) is 6. The molecule has 2 aromatic carbocycles. The summed E-state index contributed by atoms with van der Waals surface area (Å²) >= 11 is 5.81. The molecular weight excluding hydrogens is 508 g/mol. The molecule has 0 spiro atoms. The Balaban J connectivity index is 1.39. The van der Waals surface area contributed by atoms with Crippen LogP contribution in [0.4, 0.5) is 11.6 Å². The number of Topliss-reactive ketones (excluding diaryl/α,β-unsaturated/α-hetero) is 1. The number of carbonyl (C=O) groups is 1. The molecule has 0 amide bonds. The number of nitrogens with zero attached hydrogens (tertiary/aromatic N) is 4. The highest BCUT2D eigenvalue weighted by Gasteiger charge is 2.15. The van der Waals surface area contributed by atoms with Gasteiger partial charge in [0.1, 0.15) is 12.3 Å². The first kappa shape index (κ1) is 28.3. The van der Waals surface area contributed by atoms with Gasteiger partial charge in [-0.1, -0.05) is 35.9 Å². The van der Waals surface area contributed by atoms with Gasteiger partial charge >= 0.3 is 0 Å². The highest BCUT2D eigenvalue weighted by molar-refractivity contribution is 6.31. The summed E-state index contributed by atoms with van der Waals surface area (Å²) in [7, 11) is 0. The van der Waals surface area contributed by atoms with Gasteiger partial charge in [-0.15, -0.1) is 0 Å². The molecule has 0 unspecified atom stereocenters. The lowest BCUT2D eigenvalue weighted by Crippen LogP contribution is -2.33. The fourth-order valence-corrected chi connectivity index (χ4v) is 3.71. The molecular formula is C25H33ClN10O2. The number of ketones is 1. The number of guanidine groups is 2.